The molecule has 2 aromatic carbocycles. The van der Waals surface area contributed by atoms with Crippen LogP contribution in [0.15, 0.2) is 42.5 Å². The number of hydrogen-bond acceptors (Lipinski definition) is 2. The number of methoxy groups -OCH3 is 1. The molecule has 2 aromatic rings. The lowest BCUT2D eigenvalue weighted by atomic mass is 10.0. The standard InChI is InChI=1S/C18H17ClF3NO2/c1-11(12-4-3-5-14(8-12)18(20,21)22)23-17(24)10-13-9-15(19)6-7-16(13)25-2/h3-9,11H,10H2,1-2H3,(H,23,24). The van der Waals surface area contributed by atoms with Crippen molar-refractivity contribution >= 4 is 17.5 Å². The highest BCUT2D eigenvalue weighted by Gasteiger charge is 2.30. The highest BCUT2D eigenvalue weighted by molar-refractivity contribution is 6.30. The maximum atomic E-state index is 12.8. The number of hydrogen-bond donors (Lipinski definition) is 1. The minimum Gasteiger partial charge on any atom is -0.496 e. The van der Waals surface area contributed by atoms with Gasteiger partial charge in [0.1, 0.15) is 5.75 Å². The maximum Gasteiger partial charge on any atom is 0.416 e. The van der Waals surface area contributed by atoms with Gasteiger partial charge in [-0.15, -0.1) is 0 Å². The number of amides is 1. The van der Waals surface area contributed by atoms with Gasteiger partial charge in [0.2, 0.25) is 5.91 Å². The maximum absolute atomic E-state index is 12.8. The van der Waals surface area contributed by atoms with Gasteiger partial charge < -0.3 is 10.1 Å². The molecule has 0 spiro atoms. The zero-order chi connectivity index (χ0) is 18.6. The molecule has 1 unspecified atom stereocenters. The fourth-order valence-electron chi connectivity index (χ4n) is 2.42. The fourth-order valence-corrected chi connectivity index (χ4v) is 2.61. The highest BCUT2D eigenvalue weighted by Crippen LogP contribution is 2.30. The molecule has 0 aromatic heterocycles. The Morgan fingerprint density at radius 1 is 1.24 bits per heavy atom. The average molecular weight is 372 g/mol. The molecule has 7 heteroatoms. The molecule has 0 aliphatic heterocycles. The van der Waals surface area contributed by atoms with Gasteiger partial charge in [-0.25, -0.2) is 0 Å². The zero-order valence-electron chi connectivity index (χ0n) is 13.7. The van der Waals surface area contributed by atoms with Crippen molar-refractivity contribution in [2.24, 2.45) is 0 Å². The van der Waals surface area contributed by atoms with Crippen molar-refractivity contribution in [2.45, 2.75) is 25.6 Å². The van der Waals surface area contributed by atoms with E-state index < -0.39 is 17.8 Å². The summed E-state index contributed by atoms with van der Waals surface area (Å²) in [6.45, 7) is 1.63. The second kappa shape index (κ2) is 7.78. The van der Waals surface area contributed by atoms with Crippen LogP contribution >= 0.6 is 11.6 Å². The Hall–Kier alpha value is -2.21. The van der Waals surface area contributed by atoms with E-state index in [0.29, 0.717) is 21.9 Å². The fraction of sp³-hybridized carbons (Fsp3) is 0.278. The van der Waals surface area contributed by atoms with Crippen LogP contribution in [-0.2, 0) is 17.4 Å². The SMILES string of the molecule is COc1ccc(Cl)cc1CC(=O)NC(C)c1cccc(C(F)(F)F)c1. The number of benzene rings is 2. The number of halogens is 4. The summed E-state index contributed by atoms with van der Waals surface area (Å²) < 4.78 is 43.5. The topological polar surface area (TPSA) is 38.3 Å². The Morgan fingerprint density at radius 3 is 2.60 bits per heavy atom. The van der Waals surface area contributed by atoms with Gasteiger partial charge in [-0.05, 0) is 42.8 Å². The predicted octanol–water partition coefficient (Wildman–Crippen LogP) is 4.79. The monoisotopic (exact) mass is 371 g/mol. The molecule has 0 heterocycles. The second-order valence-corrected chi connectivity index (χ2v) is 5.98. The molecular weight excluding hydrogens is 355 g/mol. The largest absolute Gasteiger partial charge is 0.496 e. The van der Waals surface area contributed by atoms with Crippen LogP contribution in [0.1, 0.15) is 29.7 Å². The summed E-state index contributed by atoms with van der Waals surface area (Å²) in [5.41, 5.74) is 0.229. The Morgan fingerprint density at radius 2 is 1.96 bits per heavy atom. The van der Waals surface area contributed by atoms with Crippen LogP contribution in [0.5, 0.6) is 5.75 Å². The van der Waals surface area contributed by atoms with Crippen molar-refractivity contribution in [3.63, 3.8) is 0 Å². The molecule has 25 heavy (non-hydrogen) atoms. The molecule has 1 atom stereocenters. The van der Waals surface area contributed by atoms with Crippen molar-refractivity contribution < 1.29 is 22.7 Å². The van der Waals surface area contributed by atoms with Crippen molar-refractivity contribution in [1.29, 1.82) is 0 Å². The van der Waals surface area contributed by atoms with E-state index in [1.54, 1.807) is 31.2 Å². The van der Waals surface area contributed by atoms with Gasteiger partial charge >= 0.3 is 6.18 Å². The zero-order valence-corrected chi connectivity index (χ0v) is 14.4. The lowest BCUT2D eigenvalue weighted by Crippen LogP contribution is -2.28. The molecular formula is C18H17ClF3NO2. The Labute approximate surface area is 148 Å². The van der Waals surface area contributed by atoms with Crippen molar-refractivity contribution in [3.8, 4) is 5.75 Å². The molecule has 0 bridgehead atoms. The number of rotatable bonds is 5. The molecule has 134 valence electrons. The molecule has 0 radical (unpaired) electrons. The van der Waals surface area contributed by atoms with E-state index in [-0.39, 0.29) is 12.3 Å². The first-order valence-electron chi connectivity index (χ1n) is 7.49. The highest BCUT2D eigenvalue weighted by atomic mass is 35.5. The van der Waals surface area contributed by atoms with Crippen LogP contribution in [0.4, 0.5) is 13.2 Å². The van der Waals surface area contributed by atoms with Crippen LogP contribution in [0.3, 0.4) is 0 Å². The molecule has 0 aliphatic carbocycles. The number of carbonyl (C=O) groups excluding carboxylic acids is 1. The minimum absolute atomic E-state index is 0.00698. The number of alkyl halides is 3. The third-order valence-corrected chi connectivity index (χ3v) is 3.92. The Bertz CT molecular complexity index is 762. The smallest absolute Gasteiger partial charge is 0.416 e. The molecule has 0 fully saturated rings. The average Bonchev–Trinajstić information content (AvgIpc) is 2.54. The molecule has 2 rings (SSSR count). The van der Waals surface area contributed by atoms with Gasteiger partial charge in [0.15, 0.2) is 0 Å². The second-order valence-electron chi connectivity index (χ2n) is 5.55. The third-order valence-electron chi connectivity index (χ3n) is 3.68. The third kappa shape index (κ3) is 5.13. The summed E-state index contributed by atoms with van der Waals surface area (Å²) in [4.78, 5) is 12.2. The summed E-state index contributed by atoms with van der Waals surface area (Å²) in [7, 11) is 1.48. The molecule has 0 saturated heterocycles. The first-order valence-corrected chi connectivity index (χ1v) is 7.87. The van der Waals surface area contributed by atoms with Crippen LogP contribution in [0.2, 0.25) is 5.02 Å². The van der Waals surface area contributed by atoms with Gasteiger partial charge in [0.25, 0.3) is 0 Å². The summed E-state index contributed by atoms with van der Waals surface area (Å²) in [5.74, 6) is 0.178. The van der Waals surface area contributed by atoms with Gasteiger partial charge in [-0.1, -0.05) is 23.7 Å². The molecule has 0 saturated carbocycles. The van der Waals surface area contributed by atoms with Crippen LogP contribution < -0.4 is 10.1 Å². The molecule has 0 aliphatic rings. The van der Waals surface area contributed by atoms with Crippen molar-refractivity contribution in [3.05, 3.63) is 64.2 Å². The van der Waals surface area contributed by atoms with E-state index in [9.17, 15) is 18.0 Å². The van der Waals surface area contributed by atoms with E-state index in [4.69, 9.17) is 16.3 Å². The number of ether oxygens (including phenoxy) is 1. The van der Waals surface area contributed by atoms with Gasteiger partial charge in [0.05, 0.1) is 25.1 Å². The Balaban J connectivity index is 2.09. The normalized spacial score (nSPS) is 12.6. The first kappa shape index (κ1) is 19.1. The van der Waals surface area contributed by atoms with Crippen LogP contribution in [0, 0.1) is 0 Å². The Kier molecular flexibility index (Phi) is 5.95. The molecule has 3 nitrogen and oxygen atoms in total. The molecule has 1 N–H and O–H groups in total. The van der Waals surface area contributed by atoms with E-state index in [2.05, 4.69) is 5.32 Å². The quantitative estimate of drug-likeness (QED) is 0.820. The van der Waals surface area contributed by atoms with Crippen molar-refractivity contribution in [2.75, 3.05) is 7.11 Å². The van der Waals surface area contributed by atoms with Crippen LogP contribution in [0.25, 0.3) is 0 Å². The summed E-state index contributed by atoms with van der Waals surface area (Å²) in [6.07, 6.45) is -4.42. The lowest BCUT2D eigenvalue weighted by Gasteiger charge is -2.17. The lowest BCUT2D eigenvalue weighted by molar-refractivity contribution is -0.137. The van der Waals surface area contributed by atoms with E-state index in [0.717, 1.165) is 12.1 Å². The molecule has 1 amide bonds. The summed E-state index contributed by atoms with van der Waals surface area (Å²) in [5, 5.41) is 3.16. The van der Waals surface area contributed by atoms with E-state index in [1.165, 1.54) is 13.2 Å². The van der Waals surface area contributed by atoms with Crippen LogP contribution in [-0.4, -0.2) is 13.0 Å². The first-order chi connectivity index (χ1) is 11.7. The minimum atomic E-state index is -4.42. The van der Waals surface area contributed by atoms with Gasteiger partial charge in [0, 0.05) is 10.6 Å². The summed E-state index contributed by atoms with van der Waals surface area (Å²) >= 11 is 5.93. The number of carbonyl (C=O) groups is 1. The summed E-state index contributed by atoms with van der Waals surface area (Å²) in [6, 6.07) is 9.24. The van der Waals surface area contributed by atoms with E-state index >= 15 is 0 Å². The van der Waals surface area contributed by atoms with Gasteiger partial charge in [-0.2, -0.15) is 13.2 Å². The van der Waals surface area contributed by atoms with E-state index in [1.807, 2.05) is 0 Å². The van der Waals surface area contributed by atoms with Crippen molar-refractivity contribution in [1.82, 2.24) is 5.32 Å². The van der Waals surface area contributed by atoms with Gasteiger partial charge in [-0.3, -0.25) is 4.79 Å². The number of nitrogens with one attached hydrogen (secondary N) is 1. The predicted molar refractivity (Wildman–Crippen MR) is 89.7 cm³/mol.